The normalized spacial score (nSPS) is 10.3. The standard InChI is InChI=1S/C15H17N3O2/c1-4-20-14(19)9-12-8-11(3)17-15(18-12)13-7-5-6-10(2)16-13/h5-8H,4,9H2,1-3H3. The highest BCUT2D eigenvalue weighted by Gasteiger charge is 2.10. The van der Waals surface area contributed by atoms with Crippen molar-refractivity contribution in [2.75, 3.05) is 6.61 Å². The number of aryl methyl sites for hydroxylation is 2. The maximum absolute atomic E-state index is 11.5. The smallest absolute Gasteiger partial charge is 0.311 e. The molecule has 0 fully saturated rings. The van der Waals surface area contributed by atoms with Crippen molar-refractivity contribution < 1.29 is 9.53 Å². The van der Waals surface area contributed by atoms with Gasteiger partial charge in [0.25, 0.3) is 0 Å². The van der Waals surface area contributed by atoms with E-state index in [1.807, 2.05) is 32.0 Å². The molecule has 0 N–H and O–H groups in total. The van der Waals surface area contributed by atoms with Crippen molar-refractivity contribution >= 4 is 5.97 Å². The first-order valence-corrected chi connectivity index (χ1v) is 6.52. The van der Waals surface area contributed by atoms with Gasteiger partial charge < -0.3 is 4.74 Å². The molecule has 2 aromatic rings. The van der Waals surface area contributed by atoms with Crippen LogP contribution in [0.1, 0.15) is 24.0 Å². The Morgan fingerprint density at radius 2 is 1.95 bits per heavy atom. The van der Waals surface area contributed by atoms with Gasteiger partial charge in [-0.1, -0.05) is 6.07 Å². The highest BCUT2D eigenvalue weighted by Crippen LogP contribution is 2.14. The summed E-state index contributed by atoms with van der Waals surface area (Å²) in [6.07, 6.45) is 0.149. The summed E-state index contributed by atoms with van der Waals surface area (Å²) in [4.78, 5) is 24.7. The zero-order valence-corrected chi connectivity index (χ0v) is 11.9. The quantitative estimate of drug-likeness (QED) is 0.798. The number of rotatable bonds is 4. The van der Waals surface area contributed by atoms with Gasteiger partial charge in [0.15, 0.2) is 5.82 Å². The maximum atomic E-state index is 11.5. The number of carbonyl (C=O) groups excluding carboxylic acids is 1. The zero-order chi connectivity index (χ0) is 14.5. The van der Waals surface area contributed by atoms with E-state index in [-0.39, 0.29) is 12.4 Å². The first-order chi connectivity index (χ1) is 9.58. The summed E-state index contributed by atoms with van der Waals surface area (Å²) in [5.74, 6) is 0.252. The number of aromatic nitrogens is 3. The van der Waals surface area contributed by atoms with Gasteiger partial charge in [-0.25, -0.2) is 15.0 Å². The number of hydrogen-bond acceptors (Lipinski definition) is 5. The number of carbonyl (C=O) groups is 1. The van der Waals surface area contributed by atoms with Crippen molar-refractivity contribution in [1.29, 1.82) is 0 Å². The van der Waals surface area contributed by atoms with E-state index in [0.717, 1.165) is 11.4 Å². The lowest BCUT2D eigenvalue weighted by molar-refractivity contribution is -0.142. The molecule has 0 amide bonds. The molecule has 0 atom stereocenters. The summed E-state index contributed by atoms with van der Waals surface area (Å²) in [5, 5.41) is 0. The number of ether oxygens (including phenoxy) is 1. The maximum Gasteiger partial charge on any atom is 0.311 e. The van der Waals surface area contributed by atoms with Gasteiger partial charge in [0.1, 0.15) is 5.69 Å². The minimum absolute atomic E-state index is 0.149. The number of esters is 1. The van der Waals surface area contributed by atoms with Crippen LogP contribution in [0.2, 0.25) is 0 Å². The summed E-state index contributed by atoms with van der Waals surface area (Å²) >= 11 is 0. The van der Waals surface area contributed by atoms with Crippen LogP contribution in [0.5, 0.6) is 0 Å². The van der Waals surface area contributed by atoms with Crippen LogP contribution in [0.3, 0.4) is 0 Å². The molecule has 0 aromatic carbocycles. The van der Waals surface area contributed by atoms with Crippen LogP contribution in [-0.2, 0) is 16.0 Å². The molecule has 2 heterocycles. The summed E-state index contributed by atoms with van der Waals surface area (Å²) in [6.45, 7) is 5.94. The molecule has 0 aliphatic carbocycles. The average molecular weight is 271 g/mol. The molecule has 2 aromatic heterocycles. The minimum atomic E-state index is -0.284. The van der Waals surface area contributed by atoms with Crippen LogP contribution in [0.25, 0.3) is 11.5 Å². The molecule has 104 valence electrons. The second kappa shape index (κ2) is 6.23. The fraction of sp³-hybridized carbons (Fsp3) is 0.333. The number of pyridine rings is 1. The van der Waals surface area contributed by atoms with E-state index >= 15 is 0 Å². The number of nitrogens with zero attached hydrogens (tertiary/aromatic N) is 3. The third-order valence-electron chi connectivity index (χ3n) is 2.66. The lowest BCUT2D eigenvalue weighted by Crippen LogP contribution is -2.10. The van der Waals surface area contributed by atoms with Crippen molar-refractivity contribution in [3.05, 3.63) is 41.3 Å². The number of hydrogen-bond donors (Lipinski definition) is 0. The molecule has 0 saturated heterocycles. The lowest BCUT2D eigenvalue weighted by Gasteiger charge is -2.06. The molecule has 0 spiro atoms. The van der Waals surface area contributed by atoms with Crippen LogP contribution in [0, 0.1) is 13.8 Å². The van der Waals surface area contributed by atoms with Crippen LogP contribution in [0.15, 0.2) is 24.3 Å². The molecule has 5 nitrogen and oxygen atoms in total. The molecule has 5 heteroatoms. The van der Waals surface area contributed by atoms with Crippen molar-refractivity contribution in [3.8, 4) is 11.5 Å². The van der Waals surface area contributed by atoms with E-state index in [1.165, 1.54) is 0 Å². The molecule has 20 heavy (non-hydrogen) atoms. The molecule has 0 aliphatic heterocycles. The molecule has 0 saturated carbocycles. The van der Waals surface area contributed by atoms with E-state index < -0.39 is 0 Å². The van der Waals surface area contributed by atoms with Gasteiger partial charge >= 0.3 is 5.97 Å². The molecule has 0 aliphatic rings. The molecule has 0 unspecified atom stereocenters. The van der Waals surface area contributed by atoms with Gasteiger partial charge in [0.2, 0.25) is 0 Å². The van der Waals surface area contributed by atoms with Crippen LogP contribution < -0.4 is 0 Å². The summed E-state index contributed by atoms with van der Waals surface area (Å²) in [5.41, 5.74) is 3.06. The Balaban J connectivity index is 2.31. The van der Waals surface area contributed by atoms with Gasteiger partial charge in [-0.15, -0.1) is 0 Å². The van der Waals surface area contributed by atoms with Crippen LogP contribution in [0.4, 0.5) is 0 Å². The highest BCUT2D eigenvalue weighted by molar-refractivity contribution is 5.72. The topological polar surface area (TPSA) is 65.0 Å². The Morgan fingerprint density at radius 1 is 1.15 bits per heavy atom. The van der Waals surface area contributed by atoms with Gasteiger partial charge in [-0.2, -0.15) is 0 Å². The Kier molecular flexibility index (Phi) is 4.40. The molecule has 0 bridgehead atoms. The fourth-order valence-electron chi connectivity index (χ4n) is 1.87. The second-order valence-corrected chi connectivity index (χ2v) is 4.47. The van der Waals surface area contributed by atoms with Gasteiger partial charge in [0, 0.05) is 11.4 Å². The summed E-state index contributed by atoms with van der Waals surface area (Å²) in [6, 6.07) is 7.47. The summed E-state index contributed by atoms with van der Waals surface area (Å²) in [7, 11) is 0. The Labute approximate surface area is 118 Å². The SMILES string of the molecule is CCOC(=O)Cc1cc(C)nc(-c2cccc(C)n2)n1. The van der Waals surface area contributed by atoms with E-state index in [2.05, 4.69) is 15.0 Å². The van der Waals surface area contributed by atoms with Gasteiger partial charge in [-0.05, 0) is 39.0 Å². The zero-order valence-electron chi connectivity index (χ0n) is 11.9. The Bertz CT molecular complexity index is 626. The predicted octanol–water partition coefficient (Wildman–Crippen LogP) is 2.26. The van der Waals surface area contributed by atoms with Crippen LogP contribution in [-0.4, -0.2) is 27.5 Å². The first kappa shape index (κ1) is 14.1. The van der Waals surface area contributed by atoms with Gasteiger partial charge in [-0.3, -0.25) is 4.79 Å². The van der Waals surface area contributed by atoms with Gasteiger partial charge in [0.05, 0.1) is 18.7 Å². The van der Waals surface area contributed by atoms with Crippen LogP contribution >= 0.6 is 0 Å². The van der Waals surface area contributed by atoms with E-state index in [9.17, 15) is 4.79 Å². The van der Waals surface area contributed by atoms with E-state index in [0.29, 0.717) is 23.8 Å². The van der Waals surface area contributed by atoms with Crippen molar-refractivity contribution in [1.82, 2.24) is 15.0 Å². The Hall–Kier alpha value is -2.30. The van der Waals surface area contributed by atoms with E-state index in [4.69, 9.17) is 4.74 Å². The van der Waals surface area contributed by atoms with Crippen molar-refractivity contribution in [3.63, 3.8) is 0 Å². The predicted molar refractivity (Wildman–Crippen MR) is 75.1 cm³/mol. The minimum Gasteiger partial charge on any atom is -0.466 e. The van der Waals surface area contributed by atoms with E-state index in [1.54, 1.807) is 13.0 Å². The second-order valence-electron chi connectivity index (χ2n) is 4.47. The molecular weight excluding hydrogens is 254 g/mol. The fourth-order valence-corrected chi connectivity index (χ4v) is 1.87. The highest BCUT2D eigenvalue weighted by atomic mass is 16.5. The average Bonchev–Trinajstić information content (AvgIpc) is 2.38. The van der Waals surface area contributed by atoms with Crippen molar-refractivity contribution in [2.24, 2.45) is 0 Å². The monoisotopic (exact) mass is 271 g/mol. The largest absolute Gasteiger partial charge is 0.466 e. The summed E-state index contributed by atoms with van der Waals surface area (Å²) < 4.78 is 4.94. The Morgan fingerprint density at radius 3 is 2.65 bits per heavy atom. The lowest BCUT2D eigenvalue weighted by atomic mass is 10.2. The van der Waals surface area contributed by atoms with Crippen molar-refractivity contribution in [2.45, 2.75) is 27.2 Å². The molecular formula is C15H17N3O2. The molecule has 0 radical (unpaired) electrons. The first-order valence-electron chi connectivity index (χ1n) is 6.52. The third-order valence-corrected chi connectivity index (χ3v) is 2.66. The molecule has 2 rings (SSSR count). The third kappa shape index (κ3) is 3.60.